The monoisotopic (exact) mass is 379 g/mol. The maximum atomic E-state index is 12.9. The Kier molecular flexibility index (Phi) is 4.35. The number of hydrogen-bond donors (Lipinski definition) is 0. The molecular weight excluding hydrogens is 363 g/mol. The third-order valence-corrected chi connectivity index (χ3v) is 5.16. The van der Waals surface area contributed by atoms with Crippen LogP contribution in [0.2, 0.25) is 0 Å². The third kappa shape index (κ3) is 3.01. The Morgan fingerprint density at radius 3 is 2.43 bits per heavy atom. The van der Waals surface area contributed by atoms with Gasteiger partial charge in [-0.1, -0.05) is 48.4 Å². The largest absolute Gasteiger partial charge is 0.416 e. The molecule has 1 heterocycles. The van der Waals surface area contributed by atoms with Crippen LogP contribution in [0.5, 0.6) is 0 Å². The van der Waals surface area contributed by atoms with E-state index in [1.54, 1.807) is 4.90 Å². The predicted octanol–water partition coefficient (Wildman–Crippen LogP) is 5.36. The van der Waals surface area contributed by atoms with Crippen LogP contribution in [0.3, 0.4) is 0 Å². The number of amides is 1. The average Bonchev–Trinajstić information content (AvgIpc) is 2.69. The van der Waals surface area contributed by atoms with Crippen molar-refractivity contribution in [3.63, 3.8) is 0 Å². The molecule has 0 saturated carbocycles. The van der Waals surface area contributed by atoms with Crippen molar-refractivity contribution in [1.82, 2.24) is 0 Å². The molecule has 5 heteroatoms. The van der Waals surface area contributed by atoms with E-state index in [2.05, 4.69) is 5.92 Å². The van der Waals surface area contributed by atoms with Crippen molar-refractivity contribution in [2.24, 2.45) is 0 Å². The molecule has 1 aliphatic rings. The number of halogens is 3. The molecule has 0 saturated heterocycles. The van der Waals surface area contributed by atoms with Crippen LogP contribution >= 0.6 is 0 Å². The zero-order valence-corrected chi connectivity index (χ0v) is 14.8. The minimum Gasteiger partial charge on any atom is -0.300 e. The minimum absolute atomic E-state index is 0.134. The van der Waals surface area contributed by atoms with Gasteiger partial charge < -0.3 is 4.90 Å². The standard InChI is InChI=1S/C23H16F3NO/c1-2-13-27-20-12-9-15-5-3-4-6-18(15)22(20)19(14-21(27)28)16-7-10-17(11-8-16)23(24,25)26/h1,3-12,19H,13-14H2. The maximum Gasteiger partial charge on any atom is 0.416 e. The summed E-state index contributed by atoms with van der Waals surface area (Å²) in [5.41, 5.74) is 1.62. The molecule has 0 radical (unpaired) electrons. The van der Waals surface area contributed by atoms with E-state index in [-0.39, 0.29) is 24.8 Å². The second-order valence-electron chi connectivity index (χ2n) is 6.78. The van der Waals surface area contributed by atoms with Gasteiger partial charge in [0.25, 0.3) is 0 Å². The van der Waals surface area contributed by atoms with E-state index in [9.17, 15) is 18.0 Å². The van der Waals surface area contributed by atoms with E-state index in [1.807, 2.05) is 36.4 Å². The summed E-state index contributed by atoms with van der Waals surface area (Å²) in [7, 11) is 0. The summed E-state index contributed by atoms with van der Waals surface area (Å²) in [6.45, 7) is 0.157. The van der Waals surface area contributed by atoms with Gasteiger partial charge in [0.15, 0.2) is 0 Å². The lowest BCUT2D eigenvalue weighted by Gasteiger charge is -2.34. The van der Waals surface area contributed by atoms with E-state index < -0.39 is 11.7 Å². The molecule has 1 atom stereocenters. The predicted molar refractivity (Wildman–Crippen MR) is 103 cm³/mol. The highest BCUT2D eigenvalue weighted by Gasteiger charge is 2.34. The lowest BCUT2D eigenvalue weighted by atomic mass is 9.81. The van der Waals surface area contributed by atoms with Crippen molar-refractivity contribution in [3.8, 4) is 12.3 Å². The number of anilines is 1. The van der Waals surface area contributed by atoms with Crippen LogP contribution in [0.25, 0.3) is 10.8 Å². The van der Waals surface area contributed by atoms with Crippen molar-refractivity contribution in [3.05, 3.63) is 77.4 Å². The van der Waals surface area contributed by atoms with Gasteiger partial charge in [0.2, 0.25) is 5.91 Å². The molecule has 0 bridgehead atoms. The van der Waals surface area contributed by atoms with Gasteiger partial charge in [0.05, 0.1) is 12.1 Å². The topological polar surface area (TPSA) is 20.3 Å². The quantitative estimate of drug-likeness (QED) is 0.549. The molecule has 0 aromatic heterocycles. The SMILES string of the molecule is C#CCN1C(=O)CC(c2ccc(C(F)(F)F)cc2)c2c1ccc1ccccc21. The first-order chi connectivity index (χ1) is 13.4. The smallest absolute Gasteiger partial charge is 0.300 e. The Morgan fingerprint density at radius 1 is 1.04 bits per heavy atom. The van der Waals surface area contributed by atoms with E-state index in [1.165, 1.54) is 12.1 Å². The molecule has 1 aliphatic heterocycles. The van der Waals surface area contributed by atoms with Crippen molar-refractivity contribution in [2.75, 3.05) is 11.4 Å². The lowest BCUT2D eigenvalue weighted by molar-refractivity contribution is -0.137. The van der Waals surface area contributed by atoms with Gasteiger partial charge in [-0.25, -0.2) is 0 Å². The molecule has 140 valence electrons. The van der Waals surface area contributed by atoms with E-state index in [0.717, 1.165) is 34.2 Å². The van der Waals surface area contributed by atoms with Crippen molar-refractivity contribution >= 4 is 22.4 Å². The fourth-order valence-corrected chi connectivity index (χ4v) is 3.86. The minimum atomic E-state index is -4.39. The van der Waals surface area contributed by atoms with Gasteiger partial charge in [0, 0.05) is 18.0 Å². The van der Waals surface area contributed by atoms with E-state index >= 15 is 0 Å². The molecule has 28 heavy (non-hydrogen) atoms. The van der Waals surface area contributed by atoms with Crippen LogP contribution in [0.15, 0.2) is 60.7 Å². The van der Waals surface area contributed by atoms with Crippen LogP contribution in [0, 0.1) is 12.3 Å². The third-order valence-electron chi connectivity index (χ3n) is 5.16. The molecule has 2 nitrogen and oxygen atoms in total. The number of nitrogens with zero attached hydrogens (tertiary/aromatic N) is 1. The average molecular weight is 379 g/mol. The molecule has 0 aliphatic carbocycles. The van der Waals surface area contributed by atoms with Gasteiger partial charge in [-0.3, -0.25) is 4.79 Å². The highest BCUT2D eigenvalue weighted by Crippen LogP contribution is 2.44. The lowest BCUT2D eigenvalue weighted by Crippen LogP contribution is -2.37. The number of hydrogen-bond acceptors (Lipinski definition) is 1. The highest BCUT2D eigenvalue weighted by atomic mass is 19.4. The van der Waals surface area contributed by atoms with Crippen molar-refractivity contribution < 1.29 is 18.0 Å². The number of rotatable bonds is 2. The number of alkyl halides is 3. The van der Waals surface area contributed by atoms with Crippen LogP contribution in [0.1, 0.15) is 29.0 Å². The van der Waals surface area contributed by atoms with Crippen LogP contribution in [0.4, 0.5) is 18.9 Å². The van der Waals surface area contributed by atoms with Crippen LogP contribution in [-0.4, -0.2) is 12.5 Å². The molecule has 1 unspecified atom stereocenters. The Bertz CT molecular complexity index is 1090. The van der Waals surface area contributed by atoms with Crippen molar-refractivity contribution in [2.45, 2.75) is 18.5 Å². The number of carbonyl (C=O) groups is 1. The van der Waals surface area contributed by atoms with E-state index in [4.69, 9.17) is 6.42 Å². The second-order valence-corrected chi connectivity index (χ2v) is 6.78. The number of carbonyl (C=O) groups excluding carboxylic acids is 1. The molecule has 3 aromatic carbocycles. The summed E-state index contributed by atoms with van der Waals surface area (Å²) in [6, 6.07) is 16.6. The number of benzene rings is 3. The molecule has 4 rings (SSSR count). The molecule has 0 fully saturated rings. The summed E-state index contributed by atoms with van der Waals surface area (Å²) in [5.74, 6) is 2.05. The molecule has 3 aromatic rings. The normalized spacial score (nSPS) is 16.7. The maximum absolute atomic E-state index is 12.9. The number of terminal acetylenes is 1. The van der Waals surface area contributed by atoms with Crippen molar-refractivity contribution in [1.29, 1.82) is 0 Å². The fraction of sp³-hybridized carbons (Fsp3) is 0.174. The van der Waals surface area contributed by atoms with Gasteiger partial charge in [-0.05, 0) is 40.1 Å². The van der Waals surface area contributed by atoms with Crippen LogP contribution in [-0.2, 0) is 11.0 Å². The summed E-state index contributed by atoms with van der Waals surface area (Å²) in [4.78, 5) is 14.3. The fourth-order valence-electron chi connectivity index (χ4n) is 3.86. The summed E-state index contributed by atoms with van der Waals surface area (Å²) >= 11 is 0. The van der Waals surface area contributed by atoms with Gasteiger partial charge in [0.1, 0.15) is 0 Å². The molecular formula is C23H16F3NO. The Hall–Kier alpha value is -3.26. The Labute approximate surface area is 160 Å². The van der Waals surface area contributed by atoms with Gasteiger partial charge >= 0.3 is 6.18 Å². The number of fused-ring (bicyclic) bond motifs is 3. The summed E-state index contributed by atoms with van der Waals surface area (Å²) < 4.78 is 38.8. The van der Waals surface area contributed by atoms with E-state index in [0.29, 0.717) is 5.56 Å². The first-order valence-corrected chi connectivity index (χ1v) is 8.83. The molecule has 0 N–H and O–H groups in total. The second kappa shape index (κ2) is 6.72. The first-order valence-electron chi connectivity index (χ1n) is 8.83. The van der Waals surface area contributed by atoms with Crippen LogP contribution < -0.4 is 4.90 Å². The van der Waals surface area contributed by atoms with Gasteiger partial charge in [-0.15, -0.1) is 6.42 Å². The Morgan fingerprint density at radius 2 is 1.75 bits per heavy atom. The first kappa shape index (κ1) is 18.1. The summed E-state index contributed by atoms with van der Waals surface area (Å²) in [6.07, 6.45) is 1.21. The molecule has 0 spiro atoms. The highest BCUT2D eigenvalue weighted by molar-refractivity contribution is 6.03. The van der Waals surface area contributed by atoms with Gasteiger partial charge in [-0.2, -0.15) is 13.2 Å². The molecule has 1 amide bonds. The Balaban J connectivity index is 1.90. The zero-order chi connectivity index (χ0) is 19.9. The zero-order valence-electron chi connectivity index (χ0n) is 14.8. The summed E-state index contributed by atoms with van der Waals surface area (Å²) in [5, 5.41) is 1.98.